The Bertz CT molecular complexity index is 775. The first-order valence-corrected chi connectivity index (χ1v) is 8.48. The van der Waals surface area contributed by atoms with Crippen LogP contribution in [0.15, 0.2) is 10.7 Å². The molecule has 0 radical (unpaired) electrons. The zero-order valence-corrected chi connectivity index (χ0v) is 14.0. The normalized spacial score (nSPS) is 21.8. The van der Waals surface area contributed by atoms with E-state index in [1.807, 2.05) is 0 Å². The van der Waals surface area contributed by atoms with Gasteiger partial charge in [0.2, 0.25) is 5.71 Å². The maximum atomic E-state index is 12.7. The Morgan fingerprint density at radius 3 is 2.96 bits per heavy atom. The number of carbonyl (C=O) groups excluding carboxylic acids is 1. The van der Waals surface area contributed by atoms with Gasteiger partial charge in [-0.05, 0) is 39.5 Å². The first-order valence-electron chi connectivity index (χ1n) is 8.48. The highest BCUT2D eigenvalue weighted by atomic mass is 16.5. The molecule has 1 aliphatic carbocycles. The van der Waals surface area contributed by atoms with Crippen LogP contribution in [-0.2, 0) is 4.74 Å². The van der Waals surface area contributed by atoms with Crippen LogP contribution in [-0.4, -0.2) is 40.7 Å². The molecule has 4 rings (SSSR count). The highest BCUT2D eigenvalue weighted by Gasteiger charge is 2.38. The van der Waals surface area contributed by atoms with Crippen molar-refractivity contribution in [3.8, 4) is 0 Å². The van der Waals surface area contributed by atoms with Crippen LogP contribution >= 0.6 is 0 Å². The number of furan rings is 1. The van der Waals surface area contributed by atoms with Crippen LogP contribution in [0.5, 0.6) is 0 Å². The van der Waals surface area contributed by atoms with E-state index in [4.69, 9.17) is 9.15 Å². The topological polar surface area (TPSA) is 89.3 Å². The van der Waals surface area contributed by atoms with Gasteiger partial charge in [0.15, 0.2) is 0 Å². The molecular weight excluding hydrogens is 308 g/mol. The fourth-order valence-electron chi connectivity index (χ4n) is 3.11. The number of nitrogens with one attached hydrogen (secondary N) is 2. The number of amides is 1. The third kappa shape index (κ3) is 2.84. The number of hydrogen-bond donors (Lipinski definition) is 2. The van der Waals surface area contributed by atoms with E-state index < -0.39 is 0 Å². The second kappa shape index (κ2) is 5.73. The molecule has 1 saturated carbocycles. The minimum Gasteiger partial charge on any atom is -0.442 e. The second-order valence-corrected chi connectivity index (χ2v) is 6.97. The lowest BCUT2D eigenvalue weighted by molar-refractivity contribution is 0.0857. The van der Waals surface area contributed by atoms with E-state index >= 15 is 0 Å². The Morgan fingerprint density at radius 2 is 2.25 bits per heavy atom. The third-order valence-electron chi connectivity index (χ3n) is 4.83. The van der Waals surface area contributed by atoms with Gasteiger partial charge in [-0.25, -0.2) is 9.97 Å². The molecule has 2 aromatic rings. The molecule has 0 aromatic carbocycles. The van der Waals surface area contributed by atoms with Crippen molar-refractivity contribution in [1.29, 1.82) is 0 Å². The van der Waals surface area contributed by atoms with E-state index in [2.05, 4.69) is 27.5 Å². The van der Waals surface area contributed by atoms with Gasteiger partial charge in [-0.3, -0.25) is 4.79 Å². The zero-order valence-electron chi connectivity index (χ0n) is 14.0. The van der Waals surface area contributed by atoms with Crippen LogP contribution in [0, 0.1) is 6.92 Å². The average Bonchev–Trinajstić information content (AvgIpc) is 2.98. The number of ether oxygens (including phenoxy) is 1. The van der Waals surface area contributed by atoms with E-state index in [9.17, 15) is 4.79 Å². The predicted molar refractivity (Wildman–Crippen MR) is 89.1 cm³/mol. The standard InChI is InChI=1S/C17H22N4O3/c1-10-12(15(22)18-8-11-4-3-7-23-11)13-14(21-17(2)5-6-17)19-9-20-16(13)24-10/h9,11H,3-8H2,1-2H3,(H,18,22)(H,19,20,21). The van der Waals surface area contributed by atoms with Crippen LogP contribution in [0.2, 0.25) is 0 Å². The summed E-state index contributed by atoms with van der Waals surface area (Å²) in [6, 6.07) is 0. The molecule has 7 heteroatoms. The largest absolute Gasteiger partial charge is 0.442 e. The summed E-state index contributed by atoms with van der Waals surface area (Å²) in [6.45, 7) is 5.21. The Hall–Kier alpha value is -2.15. The summed E-state index contributed by atoms with van der Waals surface area (Å²) in [5.74, 6) is 1.05. The number of aromatic nitrogens is 2. The number of nitrogens with zero attached hydrogens (tertiary/aromatic N) is 2. The molecule has 2 aliphatic rings. The van der Waals surface area contributed by atoms with Crippen molar-refractivity contribution >= 4 is 22.8 Å². The number of aryl methyl sites for hydroxylation is 1. The van der Waals surface area contributed by atoms with E-state index in [1.54, 1.807) is 6.92 Å². The van der Waals surface area contributed by atoms with Crippen molar-refractivity contribution < 1.29 is 13.9 Å². The molecule has 24 heavy (non-hydrogen) atoms. The maximum absolute atomic E-state index is 12.7. The number of carbonyl (C=O) groups is 1. The Balaban J connectivity index is 1.63. The molecule has 1 saturated heterocycles. The lowest BCUT2D eigenvalue weighted by Gasteiger charge is -2.14. The van der Waals surface area contributed by atoms with Gasteiger partial charge in [0.25, 0.3) is 5.91 Å². The van der Waals surface area contributed by atoms with Crippen LogP contribution in [0.1, 0.15) is 48.7 Å². The van der Waals surface area contributed by atoms with E-state index in [1.165, 1.54) is 6.33 Å². The fourth-order valence-corrected chi connectivity index (χ4v) is 3.11. The molecule has 3 heterocycles. The lowest BCUT2D eigenvalue weighted by Crippen LogP contribution is -2.32. The summed E-state index contributed by atoms with van der Waals surface area (Å²) in [4.78, 5) is 21.2. The maximum Gasteiger partial charge on any atom is 0.255 e. The monoisotopic (exact) mass is 330 g/mol. The van der Waals surface area contributed by atoms with Gasteiger partial charge in [-0.2, -0.15) is 0 Å². The van der Waals surface area contributed by atoms with Gasteiger partial charge < -0.3 is 19.8 Å². The van der Waals surface area contributed by atoms with Crippen molar-refractivity contribution in [1.82, 2.24) is 15.3 Å². The molecule has 1 amide bonds. The number of anilines is 1. The highest BCUT2D eigenvalue weighted by molar-refractivity contribution is 6.10. The van der Waals surface area contributed by atoms with Crippen LogP contribution < -0.4 is 10.6 Å². The van der Waals surface area contributed by atoms with Crippen LogP contribution in [0.4, 0.5) is 5.82 Å². The molecule has 128 valence electrons. The fraction of sp³-hybridized carbons (Fsp3) is 0.588. The first-order chi connectivity index (χ1) is 11.6. The van der Waals surface area contributed by atoms with Crippen LogP contribution in [0.3, 0.4) is 0 Å². The molecular formula is C17H22N4O3. The quantitative estimate of drug-likeness (QED) is 0.875. The van der Waals surface area contributed by atoms with Gasteiger partial charge >= 0.3 is 0 Å². The Kier molecular flexibility index (Phi) is 3.68. The van der Waals surface area contributed by atoms with E-state index in [0.717, 1.165) is 32.3 Å². The second-order valence-electron chi connectivity index (χ2n) is 6.97. The van der Waals surface area contributed by atoms with Gasteiger partial charge in [-0.15, -0.1) is 0 Å². The summed E-state index contributed by atoms with van der Waals surface area (Å²) in [6.07, 6.45) is 5.79. The van der Waals surface area contributed by atoms with Crippen molar-refractivity contribution in [2.24, 2.45) is 0 Å². The molecule has 1 atom stereocenters. The molecule has 7 nitrogen and oxygen atoms in total. The zero-order chi connectivity index (χ0) is 16.7. The smallest absolute Gasteiger partial charge is 0.255 e. The summed E-state index contributed by atoms with van der Waals surface area (Å²) in [5, 5.41) is 7.04. The lowest BCUT2D eigenvalue weighted by atomic mass is 10.1. The summed E-state index contributed by atoms with van der Waals surface area (Å²) < 4.78 is 11.2. The third-order valence-corrected chi connectivity index (χ3v) is 4.83. The number of fused-ring (bicyclic) bond motifs is 1. The van der Waals surface area contributed by atoms with Crippen LogP contribution in [0.25, 0.3) is 11.1 Å². The predicted octanol–water partition coefficient (Wildman–Crippen LogP) is 2.40. The molecule has 2 fully saturated rings. The van der Waals surface area contributed by atoms with Crippen molar-refractivity contribution in [2.75, 3.05) is 18.5 Å². The summed E-state index contributed by atoms with van der Waals surface area (Å²) in [7, 11) is 0. The molecule has 2 N–H and O–H groups in total. The summed E-state index contributed by atoms with van der Waals surface area (Å²) >= 11 is 0. The molecule has 0 spiro atoms. The van der Waals surface area contributed by atoms with Gasteiger partial charge in [0.05, 0.1) is 17.1 Å². The number of hydrogen-bond acceptors (Lipinski definition) is 6. The molecule has 1 aliphatic heterocycles. The van der Waals surface area contributed by atoms with Crippen molar-refractivity contribution in [3.63, 3.8) is 0 Å². The van der Waals surface area contributed by atoms with Gasteiger partial charge in [0, 0.05) is 18.7 Å². The Morgan fingerprint density at radius 1 is 1.42 bits per heavy atom. The average molecular weight is 330 g/mol. The van der Waals surface area contributed by atoms with Gasteiger partial charge in [0.1, 0.15) is 17.9 Å². The van der Waals surface area contributed by atoms with Gasteiger partial charge in [-0.1, -0.05) is 0 Å². The molecule has 2 aromatic heterocycles. The summed E-state index contributed by atoms with van der Waals surface area (Å²) in [5.41, 5.74) is 1.00. The Labute approximate surface area is 140 Å². The minimum atomic E-state index is -0.166. The highest BCUT2D eigenvalue weighted by Crippen LogP contribution is 2.40. The van der Waals surface area contributed by atoms with E-state index in [0.29, 0.717) is 34.8 Å². The van der Waals surface area contributed by atoms with Crippen molar-refractivity contribution in [2.45, 2.75) is 51.2 Å². The number of rotatable bonds is 5. The van der Waals surface area contributed by atoms with E-state index in [-0.39, 0.29) is 17.6 Å². The minimum absolute atomic E-state index is 0.0535. The SMILES string of the molecule is Cc1oc2ncnc(NC3(C)CC3)c2c1C(=O)NCC1CCCO1. The molecule has 1 unspecified atom stereocenters. The first kappa shape index (κ1) is 15.4. The van der Waals surface area contributed by atoms with Crippen molar-refractivity contribution in [3.05, 3.63) is 17.7 Å². The molecule has 0 bridgehead atoms.